The lowest BCUT2D eigenvalue weighted by molar-refractivity contribution is -0.0314. The third kappa shape index (κ3) is 11.2. The van der Waals surface area contributed by atoms with Crippen molar-refractivity contribution in [3.63, 3.8) is 0 Å². The summed E-state index contributed by atoms with van der Waals surface area (Å²) < 4.78 is 44.9. The monoisotopic (exact) mass is 770 g/mol. The van der Waals surface area contributed by atoms with Gasteiger partial charge in [0.05, 0.1) is 44.0 Å². The molecule has 13 heteroatoms. The second-order valence-corrected chi connectivity index (χ2v) is 18.0. The van der Waals surface area contributed by atoms with Crippen molar-refractivity contribution < 1.29 is 32.7 Å². The predicted octanol–water partition coefficient (Wildman–Crippen LogP) is 7.20. The molecule has 1 saturated carbocycles. The Hall–Kier alpha value is -3.16. The van der Waals surface area contributed by atoms with E-state index >= 15 is 0 Å². The number of amides is 2. The molecule has 2 amide bonds. The van der Waals surface area contributed by atoms with Gasteiger partial charge in [-0.05, 0) is 119 Å². The van der Waals surface area contributed by atoms with Crippen molar-refractivity contribution in [1.29, 1.82) is 0 Å². The van der Waals surface area contributed by atoms with Crippen LogP contribution in [0.2, 0.25) is 5.02 Å². The van der Waals surface area contributed by atoms with E-state index in [4.69, 9.17) is 30.5 Å². The molecule has 2 aromatic carbocycles. The Balaban J connectivity index is 1.37. The third-order valence-corrected chi connectivity index (χ3v) is 12.4. The van der Waals surface area contributed by atoms with E-state index in [1.165, 1.54) is 11.1 Å². The number of morpholine rings is 1. The van der Waals surface area contributed by atoms with Gasteiger partial charge in [0.1, 0.15) is 21.3 Å². The molecule has 53 heavy (non-hydrogen) atoms. The Kier molecular flexibility index (Phi) is 13.4. The minimum atomic E-state index is -3.53. The second-order valence-electron chi connectivity index (χ2n) is 15.5. The zero-order valence-corrected chi connectivity index (χ0v) is 32.9. The highest BCUT2D eigenvalue weighted by molar-refractivity contribution is 7.92. The van der Waals surface area contributed by atoms with Gasteiger partial charge in [-0.25, -0.2) is 13.7 Å². The van der Waals surface area contributed by atoms with E-state index in [9.17, 15) is 13.8 Å². The molecule has 290 valence electrons. The number of carbonyl (C=O) groups is 2. The fourth-order valence-corrected chi connectivity index (χ4v) is 9.09. The molecule has 3 heterocycles. The van der Waals surface area contributed by atoms with Gasteiger partial charge in [-0.3, -0.25) is 9.69 Å². The summed E-state index contributed by atoms with van der Waals surface area (Å²) in [6.45, 7) is 11.8. The maximum Gasteiger partial charge on any atom is 0.420 e. The summed E-state index contributed by atoms with van der Waals surface area (Å²) in [7, 11) is -3.53. The van der Waals surface area contributed by atoms with Crippen LogP contribution in [0.4, 0.5) is 10.5 Å². The third-order valence-electron chi connectivity index (χ3n) is 10.3. The van der Waals surface area contributed by atoms with Crippen molar-refractivity contribution >= 4 is 39.2 Å². The molecule has 1 saturated heterocycles. The van der Waals surface area contributed by atoms with Gasteiger partial charge in [0.25, 0.3) is 5.91 Å². The zero-order valence-electron chi connectivity index (χ0n) is 31.4. The normalized spacial score (nSPS) is 26.7. The molecule has 1 N–H and O–H groups in total. The lowest BCUT2D eigenvalue weighted by Crippen LogP contribution is -2.44. The van der Waals surface area contributed by atoms with Crippen LogP contribution in [0.15, 0.2) is 52.9 Å². The number of fused-ring (bicyclic) bond motifs is 3. The Morgan fingerprint density at radius 1 is 1.06 bits per heavy atom. The predicted molar refractivity (Wildman–Crippen MR) is 208 cm³/mol. The number of ether oxygens (including phenoxy) is 4. The van der Waals surface area contributed by atoms with E-state index in [1.54, 1.807) is 32.9 Å². The summed E-state index contributed by atoms with van der Waals surface area (Å²) >= 11 is 6.50. The van der Waals surface area contributed by atoms with Crippen molar-refractivity contribution in [2.24, 2.45) is 16.2 Å². The summed E-state index contributed by atoms with van der Waals surface area (Å²) in [6, 6.07) is 11.4. The topological polar surface area (TPSA) is 119 Å². The average Bonchev–Trinajstić information content (AvgIpc) is 3.12. The van der Waals surface area contributed by atoms with Crippen molar-refractivity contribution in [2.75, 3.05) is 63.3 Å². The van der Waals surface area contributed by atoms with Crippen LogP contribution in [0.25, 0.3) is 0 Å². The van der Waals surface area contributed by atoms with Crippen LogP contribution in [0.5, 0.6) is 5.75 Å². The number of aryl methyl sites for hydroxylation is 1. The van der Waals surface area contributed by atoms with E-state index in [1.807, 2.05) is 12.1 Å². The van der Waals surface area contributed by atoms with E-state index in [2.05, 4.69) is 43.2 Å². The van der Waals surface area contributed by atoms with Gasteiger partial charge in [0.15, 0.2) is 0 Å². The largest absolute Gasteiger partial charge is 0.491 e. The SMILES string of the molecule is CC(C)(C)OC(=O)NS1(=O)=NC(=O)c2ccc3c(c2)N(Cc2ccc(Cl)cc2CCCCO3)C[C@@H]2CC[C@H]2[C@@H](OCCN2CCOCC2)/C=C/CCC1. The van der Waals surface area contributed by atoms with Crippen molar-refractivity contribution in [3.05, 3.63) is 70.3 Å². The first-order valence-electron chi connectivity index (χ1n) is 19.1. The van der Waals surface area contributed by atoms with Crippen LogP contribution in [-0.4, -0.2) is 91.2 Å². The fraction of sp³-hybridized carbons (Fsp3) is 0.600. The highest BCUT2D eigenvalue weighted by Gasteiger charge is 2.38. The number of allylic oxidation sites excluding steroid dienone is 1. The van der Waals surface area contributed by atoms with Gasteiger partial charge in [-0.1, -0.05) is 29.8 Å². The lowest BCUT2D eigenvalue weighted by atomic mass is 9.70. The minimum absolute atomic E-state index is 0.0174. The molecule has 0 spiro atoms. The first-order chi connectivity index (χ1) is 25.4. The van der Waals surface area contributed by atoms with E-state index < -0.39 is 27.5 Å². The van der Waals surface area contributed by atoms with Crippen LogP contribution >= 0.6 is 11.6 Å². The number of nitrogens with zero attached hydrogens (tertiary/aromatic N) is 3. The maximum absolute atomic E-state index is 14.3. The van der Waals surface area contributed by atoms with Crippen LogP contribution < -0.4 is 14.4 Å². The molecule has 4 atom stereocenters. The second kappa shape index (κ2) is 18.0. The van der Waals surface area contributed by atoms with Gasteiger partial charge in [0, 0.05) is 43.3 Å². The molecule has 2 aromatic rings. The fourth-order valence-electron chi connectivity index (χ4n) is 7.42. The number of hydrogen-bond donors (Lipinski definition) is 1. The Morgan fingerprint density at radius 2 is 1.89 bits per heavy atom. The Bertz CT molecular complexity index is 1750. The molecule has 2 fully saturated rings. The smallest absolute Gasteiger partial charge is 0.420 e. The van der Waals surface area contributed by atoms with Gasteiger partial charge >= 0.3 is 6.09 Å². The number of anilines is 1. The molecule has 1 aliphatic carbocycles. The number of benzene rings is 2. The van der Waals surface area contributed by atoms with Gasteiger partial charge in [-0.15, -0.1) is 4.36 Å². The van der Waals surface area contributed by atoms with Crippen LogP contribution in [0.3, 0.4) is 0 Å². The number of carbonyl (C=O) groups excluding carboxylic acids is 2. The van der Waals surface area contributed by atoms with Crippen LogP contribution in [0.1, 0.15) is 80.8 Å². The van der Waals surface area contributed by atoms with Gasteiger partial charge < -0.3 is 23.8 Å². The van der Waals surface area contributed by atoms with Crippen LogP contribution in [-0.2, 0) is 37.1 Å². The summed E-state index contributed by atoms with van der Waals surface area (Å²) in [6.07, 6.45) is 9.11. The number of halogens is 1. The molecule has 1 unspecified atom stereocenters. The molecule has 6 rings (SSSR count). The molecular formula is C40H55ClN4O7S. The Morgan fingerprint density at radius 3 is 2.66 bits per heavy atom. The maximum atomic E-state index is 14.3. The van der Waals surface area contributed by atoms with Crippen molar-refractivity contribution in [3.8, 4) is 5.75 Å². The molecule has 4 aliphatic rings. The quantitative estimate of drug-likeness (QED) is 0.315. The van der Waals surface area contributed by atoms with E-state index in [-0.39, 0.29) is 17.4 Å². The van der Waals surface area contributed by atoms with Gasteiger partial charge in [-0.2, -0.15) is 0 Å². The molecule has 2 bridgehead atoms. The first-order valence-corrected chi connectivity index (χ1v) is 21.2. The minimum Gasteiger partial charge on any atom is -0.491 e. The highest BCUT2D eigenvalue weighted by atomic mass is 35.5. The summed E-state index contributed by atoms with van der Waals surface area (Å²) in [5.41, 5.74) is 2.61. The lowest BCUT2D eigenvalue weighted by Gasteiger charge is -2.44. The van der Waals surface area contributed by atoms with E-state index in [0.29, 0.717) is 55.2 Å². The summed E-state index contributed by atoms with van der Waals surface area (Å²) in [4.78, 5) is 31.4. The number of nitrogens with one attached hydrogen (secondary N) is 1. The summed E-state index contributed by atoms with van der Waals surface area (Å²) in [5, 5.41) is 0.712. The highest BCUT2D eigenvalue weighted by Crippen LogP contribution is 2.42. The standard InChI is InChI=1S/C40H55ClN4O7S/c1-40(2,3)52-39(47)43-53(48)24-8-4-5-10-36(51-23-19-44-17-21-49-22-18-44)34-15-12-32(34)28-45-27-31-11-14-33(41)25-29(31)9-6-7-20-50-37-16-13-30(26-35(37)45)38(46)42-53/h5,10-11,13-14,16,25-26,32,34,36H,4,6-9,12,15,17-24,27-28H2,1-3H3,(H,42,43,46,47,48)/b10-5+/t32-,34+,36-,53?/m0/s1. The van der Waals surface area contributed by atoms with Crippen molar-refractivity contribution in [1.82, 2.24) is 9.62 Å². The van der Waals surface area contributed by atoms with Crippen LogP contribution in [0, 0.1) is 11.8 Å². The zero-order chi connectivity index (χ0) is 37.4. The molecule has 3 aliphatic heterocycles. The van der Waals surface area contributed by atoms with E-state index in [0.717, 1.165) is 77.2 Å². The molecule has 0 radical (unpaired) electrons. The molecular weight excluding hydrogens is 716 g/mol. The van der Waals surface area contributed by atoms with Gasteiger partial charge in [0.2, 0.25) is 0 Å². The first kappa shape index (κ1) is 39.5. The average molecular weight is 771 g/mol. The molecule has 11 nitrogen and oxygen atoms in total. The molecule has 0 aromatic heterocycles. The summed E-state index contributed by atoms with van der Waals surface area (Å²) in [5.74, 6) is 0.635. The number of hydrogen-bond acceptors (Lipinski definition) is 9. The Labute approximate surface area is 320 Å². The van der Waals surface area contributed by atoms with Crippen molar-refractivity contribution in [2.45, 2.75) is 84.0 Å². The number of rotatable bonds is 5.